The SMILES string of the molecule is CCOC(=O)c1cc2nccc(-c3ccc(F)cn3)n2n1. The monoisotopic (exact) mass is 286 g/mol. The molecule has 3 aromatic heterocycles. The summed E-state index contributed by atoms with van der Waals surface area (Å²) in [6.45, 7) is 1.99. The molecular weight excluding hydrogens is 275 g/mol. The van der Waals surface area contributed by atoms with Crippen LogP contribution in [0.4, 0.5) is 4.39 Å². The van der Waals surface area contributed by atoms with Gasteiger partial charge >= 0.3 is 5.97 Å². The molecule has 0 aromatic carbocycles. The molecule has 6 nitrogen and oxygen atoms in total. The summed E-state index contributed by atoms with van der Waals surface area (Å²) in [4.78, 5) is 19.9. The van der Waals surface area contributed by atoms with Gasteiger partial charge in [0, 0.05) is 12.3 Å². The molecule has 106 valence electrons. The van der Waals surface area contributed by atoms with Crippen LogP contribution in [0.2, 0.25) is 0 Å². The standard InChI is InChI=1S/C14H11FN4O2/c1-2-21-14(20)11-7-13-16-6-5-12(19(13)18-11)10-4-3-9(15)8-17-10/h3-8H,2H2,1H3. The normalized spacial score (nSPS) is 10.8. The summed E-state index contributed by atoms with van der Waals surface area (Å²) in [5, 5.41) is 4.18. The van der Waals surface area contributed by atoms with Crippen LogP contribution in [0.1, 0.15) is 17.4 Å². The van der Waals surface area contributed by atoms with Crippen LogP contribution < -0.4 is 0 Å². The smallest absolute Gasteiger partial charge is 0.358 e. The van der Waals surface area contributed by atoms with E-state index in [4.69, 9.17) is 4.74 Å². The predicted octanol–water partition coefficient (Wildman–Crippen LogP) is 2.11. The zero-order chi connectivity index (χ0) is 14.8. The number of pyridine rings is 1. The van der Waals surface area contributed by atoms with E-state index in [9.17, 15) is 9.18 Å². The lowest BCUT2D eigenvalue weighted by molar-refractivity contribution is 0.0519. The van der Waals surface area contributed by atoms with Gasteiger partial charge in [-0.3, -0.25) is 4.98 Å². The quantitative estimate of drug-likeness (QED) is 0.690. The van der Waals surface area contributed by atoms with E-state index in [1.807, 2.05) is 0 Å². The first kappa shape index (κ1) is 13.2. The number of halogens is 1. The first-order valence-corrected chi connectivity index (χ1v) is 6.33. The molecule has 0 atom stereocenters. The second-order valence-electron chi connectivity index (χ2n) is 4.21. The van der Waals surface area contributed by atoms with Crippen molar-refractivity contribution in [1.29, 1.82) is 0 Å². The summed E-state index contributed by atoms with van der Waals surface area (Å²) < 4.78 is 19.3. The molecule has 3 rings (SSSR count). The Morgan fingerprint density at radius 3 is 2.90 bits per heavy atom. The molecule has 0 aliphatic carbocycles. The van der Waals surface area contributed by atoms with Gasteiger partial charge in [0.05, 0.1) is 24.2 Å². The van der Waals surface area contributed by atoms with Gasteiger partial charge in [-0.25, -0.2) is 18.7 Å². The number of ether oxygens (including phenoxy) is 1. The Labute approximate surface area is 119 Å². The lowest BCUT2D eigenvalue weighted by Gasteiger charge is -2.03. The number of carbonyl (C=O) groups is 1. The number of rotatable bonds is 3. The zero-order valence-electron chi connectivity index (χ0n) is 11.2. The Balaban J connectivity index is 2.11. The van der Waals surface area contributed by atoms with Crippen LogP contribution in [0.15, 0.2) is 36.7 Å². The third-order valence-corrected chi connectivity index (χ3v) is 2.83. The second kappa shape index (κ2) is 5.28. The predicted molar refractivity (Wildman–Crippen MR) is 72.1 cm³/mol. The molecule has 0 spiro atoms. The lowest BCUT2D eigenvalue weighted by atomic mass is 10.2. The number of aromatic nitrogens is 4. The summed E-state index contributed by atoms with van der Waals surface area (Å²) in [6.07, 6.45) is 2.70. The van der Waals surface area contributed by atoms with Crippen molar-refractivity contribution in [3.05, 3.63) is 48.2 Å². The van der Waals surface area contributed by atoms with E-state index in [1.165, 1.54) is 22.7 Å². The van der Waals surface area contributed by atoms with Gasteiger partial charge in [0.2, 0.25) is 0 Å². The molecule has 0 aliphatic rings. The van der Waals surface area contributed by atoms with Crippen molar-refractivity contribution in [2.75, 3.05) is 6.61 Å². The van der Waals surface area contributed by atoms with Crippen LogP contribution in [0.25, 0.3) is 17.0 Å². The molecule has 0 unspecified atom stereocenters. The molecule has 0 fully saturated rings. The number of hydrogen-bond acceptors (Lipinski definition) is 5. The van der Waals surface area contributed by atoms with Crippen molar-refractivity contribution < 1.29 is 13.9 Å². The minimum absolute atomic E-state index is 0.166. The number of esters is 1. The summed E-state index contributed by atoms with van der Waals surface area (Å²) in [7, 11) is 0. The number of carbonyl (C=O) groups excluding carboxylic acids is 1. The highest BCUT2D eigenvalue weighted by molar-refractivity contribution is 5.88. The number of hydrogen-bond donors (Lipinski definition) is 0. The van der Waals surface area contributed by atoms with Gasteiger partial charge in [-0.1, -0.05) is 0 Å². The summed E-state index contributed by atoms with van der Waals surface area (Å²) in [6, 6.07) is 6.07. The highest BCUT2D eigenvalue weighted by atomic mass is 19.1. The third kappa shape index (κ3) is 2.45. The molecular formula is C14H11FN4O2. The molecule has 0 radical (unpaired) electrons. The van der Waals surface area contributed by atoms with E-state index in [2.05, 4.69) is 15.1 Å². The van der Waals surface area contributed by atoms with Crippen molar-refractivity contribution in [2.45, 2.75) is 6.92 Å². The molecule has 0 bridgehead atoms. The maximum atomic E-state index is 13.0. The fourth-order valence-electron chi connectivity index (χ4n) is 1.92. The molecule has 3 aromatic rings. The van der Waals surface area contributed by atoms with Gasteiger partial charge < -0.3 is 4.74 Å². The Hall–Kier alpha value is -2.83. The van der Waals surface area contributed by atoms with E-state index >= 15 is 0 Å². The fourth-order valence-corrected chi connectivity index (χ4v) is 1.92. The molecule has 7 heteroatoms. The van der Waals surface area contributed by atoms with Crippen molar-refractivity contribution >= 4 is 11.6 Å². The first-order chi connectivity index (χ1) is 10.2. The molecule has 21 heavy (non-hydrogen) atoms. The van der Waals surface area contributed by atoms with Crippen LogP contribution in [0, 0.1) is 5.82 Å². The highest BCUT2D eigenvalue weighted by Crippen LogP contribution is 2.18. The summed E-state index contributed by atoms with van der Waals surface area (Å²) in [5.74, 6) is -0.933. The Morgan fingerprint density at radius 2 is 2.19 bits per heavy atom. The van der Waals surface area contributed by atoms with Crippen molar-refractivity contribution in [1.82, 2.24) is 19.6 Å². The van der Waals surface area contributed by atoms with Crippen LogP contribution in [0.3, 0.4) is 0 Å². The minimum Gasteiger partial charge on any atom is -0.461 e. The molecule has 0 aliphatic heterocycles. The van der Waals surface area contributed by atoms with Crippen LogP contribution in [-0.4, -0.2) is 32.2 Å². The molecule has 0 saturated heterocycles. The first-order valence-electron chi connectivity index (χ1n) is 6.33. The third-order valence-electron chi connectivity index (χ3n) is 2.83. The maximum Gasteiger partial charge on any atom is 0.358 e. The zero-order valence-corrected chi connectivity index (χ0v) is 11.2. The van der Waals surface area contributed by atoms with Gasteiger partial charge in [-0.15, -0.1) is 0 Å². The molecule has 0 amide bonds. The van der Waals surface area contributed by atoms with Crippen LogP contribution in [-0.2, 0) is 4.74 Å². The Bertz CT molecular complexity index is 798. The number of nitrogens with zero attached hydrogens (tertiary/aromatic N) is 4. The molecule has 0 N–H and O–H groups in total. The van der Waals surface area contributed by atoms with E-state index in [0.29, 0.717) is 17.0 Å². The average Bonchev–Trinajstić information content (AvgIpc) is 2.92. The van der Waals surface area contributed by atoms with Gasteiger partial charge in [0.1, 0.15) is 5.82 Å². The van der Waals surface area contributed by atoms with Gasteiger partial charge in [-0.05, 0) is 25.1 Å². The largest absolute Gasteiger partial charge is 0.461 e. The van der Waals surface area contributed by atoms with Crippen molar-refractivity contribution in [2.24, 2.45) is 0 Å². The summed E-state index contributed by atoms with van der Waals surface area (Å²) >= 11 is 0. The maximum absolute atomic E-state index is 13.0. The topological polar surface area (TPSA) is 69.4 Å². The van der Waals surface area contributed by atoms with E-state index in [1.54, 1.807) is 19.2 Å². The summed E-state index contributed by atoms with van der Waals surface area (Å²) in [5.41, 5.74) is 1.79. The molecule has 3 heterocycles. The van der Waals surface area contributed by atoms with Crippen LogP contribution in [0.5, 0.6) is 0 Å². The van der Waals surface area contributed by atoms with E-state index in [-0.39, 0.29) is 12.3 Å². The Kier molecular flexibility index (Phi) is 3.31. The van der Waals surface area contributed by atoms with Crippen molar-refractivity contribution in [3.8, 4) is 11.4 Å². The van der Waals surface area contributed by atoms with E-state index < -0.39 is 11.8 Å². The Morgan fingerprint density at radius 1 is 1.33 bits per heavy atom. The van der Waals surface area contributed by atoms with E-state index in [0.717, 1.165) is 6.20 Å². The minimum atomic E-state index is -0.513. The molecule has 0 saturated carbocycles. The van der Waals surface area contributed by atoms with Crippen molar-refractivity contribution in [3.63, 3.8) is 0 Å². The van der Waals surface area contributed by atoms with Gasteiger partial charge in [-0.2, -0.15) is 5.10 Å². The second-order valence-corrected chi connectivity index (χ2v) is 4.21. The fraction of sp³-hybridized carbons (Fsp3) is 0.143. The van der Waals surface area contributed by atoms with Gasteiger partial charge in [0.15, 0.2) is 11.3 Å². The number of fused-ring (bicyclic) bond motifs is 1. The lowest BCUT2D eigenvalue weighted by Crippen LogP contribution is -2.06. The van der Waals surface area contributed by atoms with Gasteiger partial charge in [0.25, 0.3) is 0 Å². The van der Waals surface area contributed by atoms with Crippen LogP contribution >= 0.6 is 0 Å². The highest BCUT2D eigenvalue weighted by Gasteiger charge is 2.15. The average molecular weight is 286 g/mol.